The Morgan fingerprint density at radius 2 is 2.15 bits per heavy atom. The van der Waals surface area contributed by atoms with Crippen LogP contribution in [0.5, 0.6) is 5.75 Å². The zero-order chi connectivity index (χ0) is 14.3. The average Bonchev–Trinajstić information content (AvgIpc) is 2.87. The maximum atomic E-state index is 12.0. The van der Waals surface area contributed by atoms with Crippen molar-refractivity contribution in [1.29, 1.82) is 0 Å². The Morgan fingerprint density at radius 3 is 2.95 bits per heavy atom. The molecule has 5 nitrogen and oxygen atoms in total. The molecule has 0 saturated heterocycles. The molecule has 0 unspecified atom stereocenters. The summed E-state index contributed by atoms with van der Waals surface area (Å²) in [6.07, 6.45) is 2.25. The number of aromatic nitrogens is 2. The van der Waals surface area contributed by atoms with E-state index in [1.165, 1.54) is 21.4 Å². The van der Waals surface area contributed by atoms with E-state index < -0.39 is 0 Å². The van der Waals surface area contributed by atoms with Crippen LogP contribution in [0.15, 0.2) is 34.0 Å². The standard InChI is InChI=1S/C14H13ClN2O3/c1-16-4-2-12(18)17(14(16)19)8-10-7-11(15)6-9-3-5-20-13(9)10/h2,4,6-7H,3,5,8H2,1H3. The van der Waals surface area contributed by atoms with Gasteiger partial charge in [-0.3, -0.25) is 9.36 Å². The lowest BCUT2D eigenvalue weighted by molar-refractivity contribution is 0.352. The summed E-state index contributed by atoms with van der Waals surface area (Å²) in [6.45, 7) is 0.764. The van der Waals surface area contributed by atoms with Crippen LogP contribution in [0.4, 0.5) is 0 Å². The predicted octanol–water partition coefficient (Wildman–Crippen LogP) is 1.18. The van der Waals surface area contributed by atoms with E-state index in [-0.39, 0.29) is 17.8 Å². The molecule has 0 N–H and O–H groups in total. The first kappa shape index (κ1) is 13.0. The highest BCUT2D eigenvalue weighted by atomic mass is 35.5. The van der Waals surface area contributed by atoms with Crippen molar-refractivity contribution in [2.75, 3.05) is 6.61 Å². The molecular weight excluding hydrogens is 280 g/mol. The Labute approximate surface area is 120 Å². The Balaban J connectivity index is 2.12. The molecule has 0 aliphatic carbocycles. The van der Waals surface area contributed by atoms with Gasteiger partial charge in [0.2, 0.25) is 0 Å². The molecule has 1 aliphatic heterocycles. The van der Waals surface area contributed by atoms with Gasteiger partial charge in [0.05, 0.1) is 13.2 Å². The van der Waals surface area contributed by atoms with Gasteiger partial charge in [0, 0.05) is 36.3 Å². The number of hydrogen-bond donors (Lipinski definition) is 0. The minimum atomic E-state index is -0.357. The summed E-state index contributed by atoms with van der Waals surface area (Å²) < 4.78 is 8.13. The molecule has 2 aromatic rings. The fourth-order valence-corrected chi connectivity index (χ4v) is 2.66. The molecule has 0 atom stereocenters. The summed E-state index contributed by atoms with van der Waals surface area (Å²) in [6, 6.07) is 4.97. The average molecular weight is 293 g/mol. The predicted molar refractivity (Wildman–Crippen MR) is 75.7 cm³/mol. The second-order valence-electron chi connectivity index (χ2n) is 4.79. The van der Waals surface area contributed by atoms with E-state index in [1.54, 1.807) is 13.1 Å². The van der Waals surface area contributed by atoms with Gasteiger partial charge in [0.25, 0.3) is 5.56 Å². The molecule has 1 aromatic heterocycles. The van der Waals surface area contributed by atoms with E-state index in [0.29, 0.717) is 11.6 Å². The third-order valence-electron chi connectivity index (χ3n) is 3.39. The highest BCUT2D eigenvalue weighted by molar-refractivity contribution is 6.30. The third-order valence-corrected chi connectivity index (χ3v) is 3.61. The van der Waals surface area contributed by atoms with Crippen molar-refractivity contribution in [1.82, 2.24) is 9.13 Å². The molecule has 6 heteroatoms. The first-order chi connectivity index (χ1) is 9.56. The quantitative estimate of drug-likeness (QED) is 0.835. The van der Waals surface area contributed by atoms with Gasteiger partial charge in [-0.05, 0) is 17.7 Å². The topological polar surface area (TPSA) is 53.2 Å². The Morgan fingerprint density at radius 1 is 1.35 bits per heavy atom. The van der Waals surface area contributed by atoms with Gasteiger partial charge in [0.15, 0.2) is 0 Å². The minimum Gasteiger partial charge on any atom is -0.493 e. The molecule has 104 valence electrons. The van der Waals surface area contributed by atoms with Crippen LogP contribution >= 0.6 is 11.6 Å². The SMILES string of the molecule is Cn1ccc(=O)n(Cc2cc(Cl)cc3c2OCC3)c1=O. The smallest absolute Gasteiger partial charge is 0.331 e. The lowest BCUT2D eigenvalue weighted by Crippen LogP contribution is -2.38. The highest BCUT2D eigenvalue weighted by Crippen LogP contribution is 2.32. The van der Waals surface area contributed by atoms with E-state index in [9.17, 15) is 9.59 Å². The molecule has 0 bridgehead atoms. The lowest BCUT2D eigenvalue weighted by atomic mass is 10.1. The third kappa shape index (κ3) is 2.14. The van der Waals surface area contributed by atoms with Crippen molar-refractivity contribution in [3.8, 4) is 5.75 Å². The van der Waals surface area contributed by atoms with Crippen LogP contribution in [0, 0.1) is 0 Å². The normalized spacial score (nSPS) is 13.1. The maximum Gasteiger partial charge on any atom is 0.331 e. The van der Waals surface area contributed by atoms with E-state index >= 15 is 0 Å². The second kappa shape index (κ2) is 4.83. The van der Waals surface area contributed by atoms with Gasteiger partial charge in [-0.2, -0.15) is 0 Å². The first-order valence-electron chi connectivity index (χ1n) is 6.27. The van der Waals surface area contributed by atoms with E-state index in [2.05, 4.69) is 0 Å². The summed E-state index contributed by atoms with van der Waals surface area (Å²) in [5.41, 5.74) is 1.09. The van der Waals surface area contributed by atoms with Crippen molar-refractivity contribution >= 4 is 11.6 Å². The monoisotopic (exact) mass is 292 g/mol. The van der Waals surface area contributed by atoms with Crippen molar-refractivity contribution in [3.05, 3.63) is 61.4 Å². The number of hydrogen-bond acceptors (Lipinski definition) is 3. The maximum absolute atomic E-state index is 12.0. The largest absolute Gasteiger partial charge is 0.493 e. The molecule has 20 heavy (non-hydrogen) atoms. The summed E-state index contributed by atoms with van der Waals surface area (Å²) in [7, 11) is 1.61. The van der Waals surface area contributed by atoms with Crippen LogP contribution < -0.4 is 16.0 Å². The van der Waals surface area contributed by atoms with E-state index in [4.69, 9.17) is 16.3 Å². The number of fused-ring (bicyclic) bond motifs is 1. The number of benzene rings is 1. The van der Waals surface area contributed by atoms with Crippen LogP contribution in [-0.4, -0.2) is 15.7 Å². The zero-order valence-corrected chi connectivity index (χ0v) is 11.7. The summed E-state index contributed by atoms with van der Waals surface area (Å²) in [5.74, 6) is 0.743. The Bertz CT molecular complexity index is 792. The molecule has 3 rings (SSSR count). The van der Waals surface area contributed by atoms with Crippen LogP contribution in [0.2, 0.25) is 5.02 Å². The lowest BCUT2D eigenvalue weighted by Gasteiger charge is -2.11. The van der Waals surface area contributed by atoms with Gasteiger partial charge < -0.3 is 9.30 Å². The second-order valence-corrected chi connectivity index (χ2v) is 5.22. The highest BCUT2D eigenvalue weighted by Gasteiger charge is 2.18. The molecule has 0 saturated carbocycles. The van der Waals surface area contributed by atoms with Crippen molar-refractivity contribution in [3.63, 3.8) is 0 Å². The molecule has 1 aliphatic rings. The molecule has 0 radical (unpaired) electrons. The molecule has 0 fully saturated rings. The Kier molecular flexibility index (Phi) is 3.14. The van der Waals surface area contributed by atoms with Gasteiger partial charge >= 0.3 is 5.69 Å². The van der Waals surface area contributed by atoms with Gasteiger partial charge in [-0.15, -0.1) is 0 Å². The van der Waals surface area contributed by atoms with Crippen LogP contribution in [0.3, 0.4) is 0 Å². The van der Waals surface area contributed by atoms with Crippen LogP contribution in [0.1, 0.15) is 11.1 Å². The fourth-order valence-electron chi connectivity index (χ4n) is 2.39. The fraction of sp³-hybridized carbons (Fsp3) is 0.286. The van der Waals surface area contributed by atoms with E-state index in [0.717, 1.165) is 23.3 Å². The van der Waals surface area contributed by atoms with Crippen LogP contribution in [0.25, 0.3) is 0 Å². The number of ether oxygens (including phenoxy) is 1. The summed E-state index contributed by atoms with van der Waals surface area (Å²) in [4.78, 5) is 23.9. The number of aryl methyl sites for hydroxylation is 1. The summed E-state index contributed by atoms with van der Waals surface area (Å²) in [5, 5.41) is 0.588. The Hall–Kier alpha value is -2.01. The number of rotatable bonds is 2. The number of nitrogens with zero attached hydrogens (tertiary/aromatic N) is 2. The van der Waals surface area contributed by atoms with Crippen molar-refractivity contribution in [2.24, 2.45) is 7.05 Å². The molecule has 2 heterocycles. The molecular formula is C14H13ClN2O3. The molecule has 0 amide bonds. The molecule has 1 aromatic carbocycles. The molecule has 0 spiro atoms. The van der Waals surface area contributed by atoms with Gasteiger partial charge in [-0.1, -0.05) is 11.6 Å². The van der Waals surface area contributed by atoms with Crippen LogP contribution in [-0.2, 0) is 20.0 Å². The number of halogens is 1. The minimum absolute atomic E-state index is 0.162. The van der Waals surface area contributed by atoms with Gasteiger partial charge in [-0.25, -0.2) is 4.79 Å². The van der Waals surface area contributed by atoms with E-state index in [1.807, 2.05) is 6.07 Å². The van der Waals surface area contributed by atoms with Crippen molar-refractivity contribution in [2.45, 2.75) is 13.0 Å². The first-order valence-corrected chi connectivity index (χ1v) is 6.64. The van der Waals surface area contributed by atoms with Crippen molar-refractivity contribution < 1.29 is 4.74 Å². The summed E-state index contributed by atoms with van der Waals surface area (Å²) >= 11 is 6.08. The zero-order valence-electron chi connectivity index (χ0n) is 10.9. The van der Waals surface area contributed by atoms with Gasteiger partial charge in [0.1, 0.15) is 5.75 Å².